The predicted octanol–water partition coefficient (Wildman–Crippen LogP) is 3.35. The first kappa shape index (κ1) is 13.6. The van der Waals surface area contributed by atoms with Crippen molar-refractivity contribution in [1.82, 2.24) is 9.78 Å². The van der Waals surface area contributed by atoms with Gasteiger partial charge in [0, 0.05) is 0 Å². The number of aromatic nitrogens is 2. The summed E-state index contributed by atoms with van der Waals surface area (Å²) in [6.07, 6.45) is -3.30. The molecule has 0 radical (unpaired) electrons. The summed E-state index contributed by atoms with van der Waals surface area (Å²) in [5.41, 5.74) is -0.523. The van der Waals surface area contributed by atoms with Gasteiger partial charge in [-0.3, -0.25) is 0 Å². The minimum atomic E-state index is -4.41. The molecule has 0 aliphatic rings. The number of carboxylic acid groups (broad SMARTS) is 1. The molecule has 0 amide bonds. The number of nitrogens with zero attached hydrogens (tertiary/aromatic N) is 2. The summed E-state index contributed by atoms with van der Waals surface area (Å²) >= 11 is 3.04. The van der Waals surface area contributed by atoms with Crippen LogP contribution >= 0.6 is 15.9 Å². The molecule has 0 saturated heterocycles. The molecule has 100 valence electrons. The second kappa shape index (κ2) is 4.69. The molecule has 2 aromatic rings. The van der Waals surface area contributed by atoms with Crippen molar-refractivity contribution in [1.29, 1.82) is 0 Å². The molecule has 2 rings (SSSR count). The average Bonchev–Trinajstić information content (AvgIpc) is 2.70. The van der Waals surface area contributed by atoms with E-state index in [-0.39, 0.29) is 10.2 Å². The van der Waals surface area contributed by atoms with Gasteiger partial charge in [-0.2, -0.15) is 18.3 Å². The zero-order chi connectivity index (χ0) is 14.2. The summed E-state index contributed by atoms with van der Waals surface area (Å²) in [6.45, 7) is 0. The average molecular weight is 335 g/mol. The van der Waals surface area contributed by atoms with Crippen LogP contribution in [-0.4, -0.2) is 20.9 Å². The van der Waals surface area contributed by atoms with Crippen LogP contribution in [0.5, 0.6) is 0 Å². The van der Waals surface area contributed by atoms with Gasteiger partial charge in [-0.15, -0.1) is 0 Å². The summed E-state index contributed by atoms with van der Waals surface area (Å²) in [6, 6.07) is 4.24. The zero-order valence-corrected chi connectivity index (χ0v) is 10.7. The van der Waals surface area contributed by atoms with Gasteiger partial charge in [-0.05, 0) is 40.2 Å². The molecule has 8 heteroatoms. The number of carboxylic acids is 1. The van der Waals surface area contributed by atoms with E-state index in [1.165, 1.54) is 16.8 Å². The Hall–Kier alpha value is -1.83. The van der Waals surface area contributed by atoms with Crippen LogP contribution in [0.15, 0.2) is 35.1 Å². The van der Waals surface area contributed by atoms with Gasteiger partial charge in [0.05, 0.1) is 17.4 Å². The van der Waals surface area contributed by atoms with Gasteiger partial charge in [-0.25, -0.2) is 9.48 Å². The van der Waals surface area contributed by atoms with E-state index < -0.39 is 17.7 Å². The van der Waals surface area contributed by atoms with E-state index in [1.807, 2.05) is 0 Å². The number of hydrogen-bond donors (Lipinski definition) is 1. The second-order valence-electron chi connectivity index (χ2n) is 3.61. The monoisotopic (exact) mass is 334 g/mol. The van der Waals surface area contributed by atoms with Gasteiger partial charge in [0.25, 0.3) is 0 Å². The standard InChI is InChI=1S/C11H6BrF3N2O2/c12-9-8(10(18)19)5-16-17(9)7-3-1-6(2-4-7)11(13,14)15/h1-5H,(H,18,19). The molecule has 0 saturated carbocycles. The Morgan fingerprint density at radius 2 is 1.84 bits per heavy atom. The van der Waals surface area contributed by atoms with E-state index in [9.17, 15) is 18.0 Å². The highest BCUT2D eigenvalue weighted by Gasteiger charge is 2.30. The molecule has 4 nitrogen and oxygen atoms in total. The number of aromatic carboxylic acids is 1. The molecule has 0 unspecified atom stereocenters. The van der Waals surface area contributed by atoms with Crippen LogP contribution in [0.4, 0.5) is 13.2 Å². The van der Waals surface area contributed by atoms with Crippen LogP contribution < -0.4 is 0 Å². The highest BCUT2D eigenvalue weighted by molar-refractivity contribution is 9.10. The first-order valence-corrected chi connectivity index (χ1v) is 5.74. The Morgan fingerprint density at radius 3 is 2.26 bits per heavy atom. The van der Waals surface area contributed by atoms with E-state index in [0.29, 0.717) is 5.69 Å². The molecule has 1 aromatic carbocycles. The van der Waals surface area contributed by atoms with Crippen molar-refractivity contribution in [2.24, 2.45) is 0 Å². The van der Waals surface area contributed by atoms with E-state index in [4.69, 9.17) is 5.11 Å². The van der Waals surface area contributed by atoms with Crippen molar-refractivity contribution in [2.45, 2.75) is 6.18 Å². The number of hydrogen-bond acceptors (Lipinski definition) is 2. The summed E-state index contributed by atoms with van der Waals surface area (Å²) < 4.78 is 38.6. The molecule has 0 spiro atoms. The van der Waals surface area contributed by atoms with Crippen molar-refractivity contribution < 1.29 is 23.1 Å². The molecule has 19 heavy (non-hydrogen) atoms. The fraction of sp³-hybridized carbons (Fsp3) is 0.0909. The molecule has 1 aromatic heterocycles. The van der Waals surface area contributed by atoms with Crippen LogP contribution in [-0.2, 0) is 6.18 Å². The van der Waals surface area contributed by atoms with E-state index in [1.54, 1.807) is 0 Å². The van der Waals surface area contributed by atoms with Crippen molar-refractivity contribution in [3.63, 3.8) is 0 Å². The maximum Gasteiger partial charge on any atom is 0.416 e. The summed E-state index contributed by atoms with van der Waals surface area (Å²) in [4.78, 5) is 10.8. The maximum atomic E-state index is 12.4. The quantitative estimate of drug-likeness (QED) is 0.916. The minimum Gasteiger partial charge on any atom is -0.478 e. The van der Waals surface area contributed by atoms with Crippen molar-refractivity contribution >= 4 is 21.9 Å². The van der Waals surface area contributed by atoms with Crippen LogP contribution in [0, 0.1) is 0 Å². The molecule has 0 aliphatic carbocycles. The molecule has 0 aliphatic heterocycles. The molecular formula is C11H6BrF3N2O2. The number of alkyl halides is 3. The Morgan fingerprint density at radius 1 is 1.26 bits per heavy atom. The van der Waals surface area contributed by atoms with E-state index >= 15 is 0 Å². The van der Waals surface area contributed by atoms with Crippen molar-refractivity contribution in [3.05, 3.63) is 46.2 Å². The smallest absolute Gasteiger partial charge is 0.416 e. The van der Waals surface area contributed by atoms with Gasteiger partial charge in [0.2, 0.25) is 0 Å². The summed E-state index contributed by atoms with van der Waals surface area (Å²) in [5.74, 6) is -1.18. The lowest BCUT2D eigenvalue weighted by Gasteiger charge is -2.08. The number of halogens is 4. The van der Waals surface area contributed by atoms with Gasteiger partial charge >= 0.3 is 12.1 Å². The summed E-state index contributed by atoms with van der Waals surface area (Å²) in [5, 5.41) is 12.7. The van der Waals surface area contributed by atoms with Crippen molar-refractivity contribution in [2.75, 3.05) is 0 Å². The fourth-order valence-corrected chi connectivity index (χ4v) is 2.02. The minimum absolute atomic E-state index is 0.0695. The molecule has 0 atom stereocenters. The van der Waals surface area contributed by atoms with Gasteiger partial charge in [-0.1, -0.05) is 0 Å². The number of carbonyl (C=O) groups is 1. The SMILES string of the molecule is O=C(O)c1cnn(-c2ccc(C(F)(F)F)cc2)c1Br. The van der Waals surface area contributed by atoms with Crippen LogP contribution in [0.2, 0.25) is 0 Å². The van der Waals surface area contributed by atoms with Crippen LogP contribution in [0.1, 0.15) is 15.9 Å². The third kappa shape index (κ3) is 2.62. The zero-order valence-electron chi connectivity index (χ0n) is 9.15. The highest BCUT2D eigenvalue weighted by Crippen LogP contribution is 2.30. The maximum absolute atomic E-state index is 12.4. The molecular weight excluding hydrogens is 329 g/mol. The Balaban J connectivity index is 2.41. The Kier molecular flexibility index (Phi) is 3.36. The highest BCUT2D eigenvalue weighted by atomic mass is 79.9. The van der Waals surface area contributed by atoms with Crippen LogP contribution in [0.3, 0.4) is 0 Å². The third-order valence-corrected chi connectivity index (χ3v) is 3.14. The van der Waals surface area contributed by atoms with Gasteiger partial charge < -0.3 is 5.11 Å². The summed E-state index contributed by atoms with van der Waals surface area (Å²) in [7, 11) is 0. The molecule has 0 bridgehead atoms. The lowest BCUT2D eigenvalue weighted by atomic mass is 10.2. The largest absolute Gasteiger partial charge is 0.478 e. The lowest BCUT2D eigenvalue weighted by Crippen LogP contribution is -2.05. The van der Waals surface area contributed by atoms with Gasteiger partial charge in [0.15, 0.2) is 0 Å². The normalized spacial score (nSPS) is 11.6. The molecule has 1 heterocycles. The van der Waals surface area contributed by atoms with Gasteiger partial charge in [0.1, 0.15) is 10.2 Å². The number of rotatable bonds is 2. The van der Waals surface area contributed by atoms with E-state index in [2.05, 4.69) is 21.0 Å². The van der Waals surface area contributed by atoms with Crippen LogP contribution in [0.25, 0.3) is 5.69 Å². The third-order valence-electron chi connectivity index (χ3n) is 2.38. The number of benzene rings is 1. The first-order valence-electron chi connectivity index (χ1n) is 4.95. The fourth-order valence-electron chi connectivity index (χ4n) is 1.45. The lowest BCUT2D eigenvalue weighted by molar-refractivity contribution is -0.137. The second-order valence-corrected chi connectivity index (χ2v) is 4.36. The first-order chi connectivity index (χ1) is 8.80. The Labute approximate surface area is 113 Å². The van der Waals surface area contributed by atoms with E-state index in [0.717, 1.165) is 18.3 Å². The predicted molar refractivity (Wildman–Crippen MR) is 63.2 cm³/mol. The molecule has 0 fully saturated rings. The topological polar surface area (TPSA) is 55.1 Å². The Bertz CT molecular complexity index is 620. The van der Waals surface area contributed by atoms with Crippen molar-refractivity contribution in [3.8, 4) is 5.69 Å². The molecule has 1 N–H and O–H groups in total.